The number of carbonyl (C=O) groups is 2. The monoisotopic (exact) mass is 206 g/mol. The molecule has 0 radical (unpaired) electrons. The minimum atomic E-state index is -0.346. The topological polar surface area (TPSA) is 43.4 Å². The van der Waals surface area contributed by atoms with Gasteiger partial charge in [0.25, 0.3) is 0 Å². The Morgan fingerprint density at radius 3 is 1.80 bits per heavy atom. The third-order valence-electron chi connectivity index (χ3n) is 1.65. The third kappa shape index (κ3) is 3.54. The highest BCUT2D eigenvalue weighted by Gasteiger charge is 2.12. The van der Waals surface area contributed by atoms with Crippen LogP contribution in [0.15, 0.2) is 18.2 Å². The summed E-state index contributed by atoms with van der Waals surface area (Å²) in [4.78, 5) is 21.2. The number of benzene rings is 1. The molecule has 1 aromatic rings. The maximum Gasteiger partial charge on any atom is 0.150 e. The van der Waals surface area contributed by atoms with E-state index in [1.807, 2.05) is 20.8 Å². The molecule has 0 unspecified atom stereocenters. The normalized spacial score (nSPS) is 10.9. The second-order valence-corrected chi connectivity index (χ2v) is 4.29. The molecule has 0 heterocycles. The van der Waals surface area contributed by atoms with Gasteiger partial charge in [-0.1, -0.05) is 0 Å². The number of hydrogen-bond acceptors (Lipinski definition) is 3. The summed E-state index contributed by atoms with van der Waals surface area (Å²) in [5.74, 6) is 0.536. The van der Waals surface area contributed by atoms with E-state index in [4.69, 9.17) is 4.74 Å². The van der Waals surface area contributed by atoms with Crippen LogP contribution in [0.3, 0.4) is 0 Å². The molecule has 0 fully saturated rings. The predicted molar refractivity (Wildman–Crippen MR) is 57.6 cm³/mol. The van der Waals surface area contributed by atoms with Gasteiger partial charge in [0.1, 0.15) is 23.9 Å². The molecule has 0 saturated heterocycles. The highest BCUT2D eigenvalue weighted by Crippen LogP contribution is 2.20. The highest BCUT2D eigenvalue weighted by molar-refractivity contribution is 5.83. The fraction of sp³-hybridized carbons (Fsp3) is 0.333. The predicted octanol–water partition coefficient (Wildman–Crippen LogP) is 2.49. The lowest BCUT2D eigenvalue weighted by Gasteiger charge is -2.21. The Morgan fingerprint density at radius 1 is 1.00 bits per heavy atom. The van der Waals surface area contributed by atoms with E-state index in [-0.39, 0.29) is 5.60 Å². The summed E-state index contributed by atoms with van der Waals surface area (Å²) in [5.41, 5.74) is 0.541. The average molecular weight is 206 g/mol. The van der Waals surface area contributed by atoms with Crippen LogP contribution in [0.1, 0.15) is 41.5 Å². The lowest BCUT2D eigenvalue weighted by Crippen LogP contribution is -2.23. The van der Waals surface area contributed by atoms with Crippen LogP contribution in [-0.4, -0.2) is 18.2 Å². The molecule has 0 spiro atoms. The van der Waals surface area contributed by atoms with Crippen LogP contribution in [0.25, 0.3) is 0 Å². The van der Waals surface area contributed by atoms with E-state index < -0.39 is 0 Å². The van der Waals surface area contributed by atoms with E-state index in [0.29, 0.717) is 29.4 Å². The second kappa shape index (κ2) is 4.26. The second-order valence-electron chi connectivity index (χ2n) is 4.29. The van der Waals surface area contributed by atoms with Crippen LogP contribution >= 0.6 is 0 Å². The molecule has 0 bridgehead atoms. The molecule has 0 aromatic heterocycles. The van der Waals surface area contributed by atoms with Crippen LogP contribution in [0.4, 0.5) is 0 Å². The van der Waals surface area contributed by atoms with Gasteiger partial charge in [0.2, 0.25) is 0 Å². The van der Waals surface area contributed by atoms with E-state index in [2.05, 4.69) is 0 Å². The van der Waals surface area contributed by atoms with E-state index in [1.165, 1.54) is 6.07 Å². The smallest absolute Gasteiger partial charge is 0.150 e. The molecule has 0 N–H and O–H groups in total. The molecule has 0 saturated carbocycles. The summed E-state index contributed by atoms with van der Waals surface area (Å²) in [6, 6.07) is 4.76. The quantitative estimate of drug-likeness (QED) is 0.713. The minimum Gasteiger partial charge on any atom is -0.488 e. The molecule has 0 aliphatic heterocycles. The van der Waals surface area contributed by atoms with Crippen molar-refractivity contribution in [2.24, 2.45) is 0 Å². The number of ether oxygens (including phenoxy) is 1. The van der Waals surface area contributed by atoms with E-state index in [1.54, 1.807) is 12.1 Å². The Morgan fingerprint density at radius 2 is 1.47 bits per heavy atom. The largest absolute Gasteiger partial charge is 0.488 e. The molecular formula is C12H14O3. The average Bonchev–Trinajstić information content (AvgIpc) is 2.14. The molecular weight excluding hydrogens is 192 g/mol. The van der Waals surface area contributed by atoms with Crippen molar-refractivity contribution in [1.29, 1.82) is 0 Å². The van der Waals surface area contributed by atoms with Gasteiger partial charge >= 0.3 is 0 Å². The summed E-state index contributed by atoms with van der Waals surface area (Å²) < 4.78 is 5.57. The molecule has 1 rings (SSSR count). The van der Waals surface area contributed by atoms with Crippen molar-refractivity contribution in [3.63, 3.8) is 0 Å². The molecule has 0 aliphatic rings. The number of carbonyl (C=O) groups excluding carboxylic acids is 2. The SMILES string of the molecule is CC(C)(C)Oc1cc(C=O)cc(C=O)c1. The van der Waals surface area contributed by atoms with Crippen LogP contribution in [-0.2, 0) is 0 Å². The molecule has 15 heavy (non-hydrogen) atoms. The molecule has 3 heteroatoms. The zero-order chi connectivity index (χ0) is 11.5. The first-order valence-electron chi connectivity index (χ1n) is 4.69. The summed E-state index contributed by atoms with van der Waals surface area (Å²) >= 11 is 0. The molecule has 3 nitrogen and oxygen atoms in total. The van der Waals surface area contributed by atoms with E-state index in [0.717, 1.165) is 0 Å². The zero-order valence-corrected chi connectivity index (χ0v) is 9.11. The van der Waals surface area contributed by atoms with Gasteiger partial charge < -0.3 is 4.74 Å². The van der Waals surface area contributed by atoms with Gasteiger partial charge in [-0.25, -0.2) is 0 Å². The Bertz CT molecular complexity index is 349. The maximum atomic E-state index is 10.6. The van der Waals surface area contributed by atoms with Gasteiger partial charge in [0.15, 0.2) is 0 Å². The number of hydrogen-bond donors (Lipinski definition) is 0. The number of aldehydes is 2. The minimum absolute atomic E-state index is 0.346. The standard InChI is InChI=1S/C12H14O3/c1-12(2,3)15-11-5-9(7-13)4-10(6-11)8-14/h4-8H,1-3H3. The van der Waals surface area contributed by atoms with Gasteiger partial charge in [-0.3, -0.25) is 9.59 Å². The van der Waals surface area contributed by atoms with Crippen LogP contribution < -0.4 is 4.74 Å². The zero-order valence-electron chi connectivity index (χ0n) is 9.11. The summed E-state index contributed by atoms with van der Waals surface area (Å²) in [6.45, 7) is 5.71. The lowest BCUT2D eigenvalue weighted by molar-refractivity contribution is 0.111. The Labute approximate surface area is 89.1 Å². The Hall–Kier alpha value is -1.64. The van der Waals surface area contributed by atoms with Gasteiger partial charge in [0.05, 0.1) is 0 Å². The van der Waals surface area contributed by atoms with Crippen molar-refractivity contribution in [3.05, 3.63) is 29.3 Å². The molecule has 80 valence electrons. The van der Waals surface area contributed by atoms with Gasteiger partial charge in [0, 0.05) is 11.1 Å². The first kappa shape index (κ1) is 11.4. The van der Waals surface area contributed by atoms with E-state index in [9.17, 15) is 9.59 Å². The van der Waals surface area contributed by atoms with Crippen molar-refractivity contribution in [1.82, 2.24) is 0 Å². The summed E-state index contributed by atoms with van der Waals surface area (Å²) in [5, 5.41) is 0. The first-order valence-corrected chi connectivity index (χ1v) is 4.69. The third-order valence-corrected chi connectivity index (χ3v) is 1.65. The van der Waals surface area contributed by atoms with Crippen molar-refractivity contribution >= 4 is 12.6 Å². The van der Waals surface area contributed by atoms with Crippen LogP contribution in [0, 0.1) is 0 Å². The van der Waals surface area contributed by atoms with Gasteiger partial charge in [-0.15, -0.1) is 0 Å². The Kier molecular flexibility index (Phi) is 3.24. The van der Waals surface area contributed by atoms with Crippen molar-refractivity contribution in [2.75, 3.05) is 0 Å². The number of rotatable bonds is 3. The molecule has 1 aromatic carbocycles. The fourth-order valence-electron chi connectivity index (χ4n) is 1.19. The molecule has 0 amide bonds. The van der Waals surface area contributed by atoms with Crippen LogP contribution in [0.5, 0.6) is 5.75 Å². The van der Waals surface area contributed by atoms with Crippen molar-refractivity contribution in [3.8, 4) is 5.75 Å². The molecule has 0 aliphatic carbocycles. The summed E-state index contributed by atoms with van der Waals surface area (Å²) in [6.07, 6.45) is 1.39. The first-order chi connectivity index (χ1) is 6.94. The highest BCUT2D eigenvalue weighted by atomic mass is 16.5. The Balaban J connectivity index is 3.07. The summed E-state index contributed by atoms with van der Waals surface area (Å²) in [7, 11) is 0. The van der Waals surface area contributed by atoms with Gasteiger partial charge in [-0.05, 0) is 39.0 Å². The van der Waals surface area contributed by atoms with E-state index >= 15 is 0 Å². The van der Waals surface area contributed by atoms with Crippen molar-refractivity contribution in [2.45, 2.75) is 26.4 Å². The van der Waals surface area contributed by atoms with Crippen molar-refractivity contribution < 1.29 is 14.3 Å². The lowest BCUT2D eigenvalue weighted by atomic mass is 10.1. The molecule has 0 atom stereocenters. The van der Waals surface area contributed by atoms with Gasteiger partial charge in [-0.2, -0.15) is 0 Å². The maximum absolute atomic E-state index is 10.6. The van der Waals surface area contributed by atoms with Crippen LogP contribution in [0.2, 0.25) is 0 Å². The fourth-order valence-corrected chi connectivity index (χ4v) is 1.19.